The average Bonchev–Trinajstić information content (AvgIpc) is 2.92. The summed E-state index contributed by atoms with van der Waals surface area (Å²) in [4.78, 5) is 4.34. The summed E-state index contributed by atoms with van der Waals surface area (Å²) in [5.74, 6) is 0. The minimum atomic E-state index is -1.41. The van der Waals surface area contributed by atoms with Gasteiger partial charge in [0.2, 0.25) is 3.79 Å². The molecule has 2 nitrogen and oxygen atoms in total. The molecule has 1 fully saturated rings. The van der Waals surface area contributed by atoms with E-state index in [-0.39, 0.29) is 6.17 Å². The molecule has 23 heavy (non-hydrogen) atoms. The molecular weight excluding hydrogens is 351 g/mol. The molecule has 0 amide bonds. The van der Waals surface area contributed by atoms with Crippen LogP contribution in [0.2, 0.25) is 0 Å². The van der Waals surface area contributed by atoms with E-state index in [0.717, 1.165) is 24.5 Å². The maximum atomic E-state index is 6.36. The largest absolute Gasteiger partial charge is 0.346 e. The van der Waals surface area contributed by atoms with Crippen molar-refractivity contribution in [2.45, 2.75) is 23.8 Å². The van der Waals surface area contributed by atoms with Gasteiger partial charge in [0, 0.05) is 24.5 Å². The van der Waals surface area contributed by atoms with Gasteiger partial charge in [0.15, 0.2) is 6.17 Å². The van der Waals surface area contributed by atoms with Crippen molar-refractivity contribution in [3.63, 3.8) is 0 Å². The molecule has 1 aliphatic rings. The third-order valence-corrected chi connectivity index (χ3v) is 4.68. The van der Waals surface area contributed by atoms with Crippen LogP contribution in [0.25, 0.3) is 0 Å². The topological polar surface area (TPSA) is 6.48 Å². The molecule has 1 atom stereocenters. The Hall–Kier alpha value is -1.09. The molecule has 1 unspecified atom stereocenters. The number of hydrogen-bond acceptors (Lipinski definition) is 2. The van der Waals surface area contributed by atoms with Crippen molar-refractivity contribution in [1.82, 2.24) is 0 Å². The molecule has 1 saturated heterocycles. The fraction of sp³-hybridized carbons (Fsp3) is 0.333. The summed E-state index contributed by atoms with van der Waals surface area (Å²) in [5.41, 5.74) is 4.58. The van der Waals surface area contributed by atoms with Gasteiger partial charge in [0.25, 0.3) is 0 Å². The highest BCUT2D eigenvalue weighted by Crippen LogP contribution is 2.42. The summed E-state index contributed by atoms with van der Waals surface area (Å²) >= 11 is 19.1. The first-order valence-corrected chi connectivity index (χ1v) is 8.73. The summed E-state index contributed by atoms with van der Waals surface area (Å²) in [6.07, 6.45) is -0.337. The predicted molar refractivity (Wildman–Crippen MR) is 101 cm³/mol. The Morgan fingerprint density at radius 3 is 1.87 bits per heavy atom. The second-order valence-electron chi connectivity index (χ2n) is 5.98. The zero-order valence-corrected chi connectivity index (χ0v) is 15.4. The lowest BCUT2D eigenvalue weighted by Gasteiger charge is -2.37. The van der Waals surface area contributed by atoms with Crippen LogP contribution >= 0.6 is 34.8 Å². The standard InChI is InChI=1S/C18H19Cl3N2/c1-13-10-14(2)12-16(11-13)23-9-8-22(17(23)18(19,20)21)15-6-4-3-5-7-15/h3-7,10-12,17H,8-9H2,1-2H3. The van der Waals surface area contributed by atoms with Gasteiger partial charge in [0.1, 0.15) is 0 Å². The molecule has 2 aromatic rings. The van der Waals surface area contributed by atoms with Crippen LogP contribution in [0, 0.1) is 13.8 Å². The fourth-order valence-electron chi connectivity index (χ4n) is 3.26. The van der Waals surface area contributed by atoms with E-state index in [4.69, 9.17) is 34.8 Å². The molecule has 5 heteroatoms. The molecule has 0 N–H and O–H groups in total. The number of benzene rings is 2. The number of halogens is 3. The third-order valence-electron chi connectivity index (χ3n) is 4.09. The van der Waals surface area contributed by atoms with Crippen LogP contribution in [0.4, 0.5) is 11.4 Å². The van der Waals surface area contributed by atoms with Gasteiger partial charge in [-0.1, -0.05) is 59.1 Å². The normalized spacial score (nSPS) is 18.6. The van der Waals surface area contributed by atoms with Crippen molar-refractivity contribution in [3.05, 3.63) is 59.7 Å². The number of hydrogen-bond donors (Lipinski definition) is 0. The van der Waals surface area contributed by atoms with E-state index in [1.165, 1.54) is 11.1 Å². The number of alkyl halides is 3. The summed E-state index contributed by atoms with van der Waals surface area (Å²) in [7, 11) is 0. The molecular formula is C18H19Cl3N2. The minimum absolute atomic E-state index is 0.337. The Bertz CT molecular complexity index is 662. The second-order valence-corrected chi connectivity index (χ2v) is 8.35. The molecule has 0 saturated carbocycles. The van der Waals surface area contributed by atoms with Crippen LogP contribution in [0.1, 0.15) is 11.1 Å². The molecule has 1 heterocycles. The Kier molecular flexibility index (Phi) is 4.68. The Labute approximate surface area is 152 Å². The fourth-order valence-corrected chi connectivity index (χ4v) is 3.97. The van der Waals surface area contributed by atoms with E-state index in [1.54, 1.807) is 0 Å². The van der Waals surface area contributed by atoms with Crippen LogP contribution in [-0.2, 0) is 0 Å². The number of nitrogens with zero attached hydrogens (tertiary/aromatic N) is 2. The van der Waals surface area contributed by atoms with Gasteiger partial charge in [-0.15, -0.1) is 0 Å². The van der Waals surface area contributed by atoms with Gasteiger partial charge in [-0.05, 0) is 49.2 Å². The molecule has 0 spiro atoms. The van der Waals surface area contributed by atoms with Crippen LogP contribution in [0.3, 0.4) is 0 Å². The van der Waals surface area contributed by atoms with Gasteiger partial charge >= 0.3 is 0 Å². The van der Waals surface area contributed by atoms with E-state index in [9.17, 15) is 0 Å². The minimum Gasteiger partial charge on any atom is -0.346 e. The van der Waals surface area contributed by atoms with Crippen molar-refractivity contribution in [2.75, 3.05) is 22.9 Å². The van der Waals surface area contributed by atoms with Crippen LogP contribution < -0.4 is 9.80 Å². The van der Waals surface area contributed by atoms with Crippen molar-refractivity contribution < 1.29 is 0 Å². The molecule has 0 aromatic heterocycles. The zero-order chi connectivity index (χ0) is 16.6. The second kappa shape index (κ2) is 6.43. The smallest absolute Gasteiger partial charge is 0.228 e. The van der Waals surface area contributed by atoms with Gasteiger partial charge in [0.05, 0.1) is 0 Å². The molecule has 0 bridgehead atoms. The van der Waals surface area contributed by atoms with Crippen molar-refractivity contribution >= 4 is 46.2 Å². The lowest BCUT2D eigenvalue weighted by atomic mass is 10.1. The first-order valence-electron chi connectivity index (χ1n) is 7.59. The zero-order valence-electron chi connectivity index (χ0n) is 13.1. The monoisotopic (exact) mass is 368 g/mol. The molecule has 3 rings (SSSR count). The summed E-state index contributed by atoms with van der Waals surface area (Å²) in [6.45, 7) is 5.81. The SMILES string of the molecule is Cc1cc(C)cc(N2CCN(c3ccccc3)C2C(Cl)(Cl)Cl)c1. The molecule has 0 radical (unpaired) electrons. The first kappa shape index (κ1) is 16.8. The Morgan fingerprint density at radius 1 is 0.826 bits per heavy atom. The number of rotatable bonds is 2. The van der Waals surface area contributed by atoms with E-state index in [2.05, 4.69) is 54.0 Å². The van der Waals surface area contributed by atoms with Gasteiger partial charge in [-0.2, -0.15) is 0 Å². The van der Waals surface area contributed by atoms with Gasteiger partial charge in [-0.25, -0.2) is 0 Å². The molecule has 1 aliphatic heterocycles. The number of aryl methyl sites for hydroxylation is 2. The lowest BCUT2D eigenvalue weighted by molar-refractivity contribution is 0.681. The highest BCUT2D eigenvalue weighted by Gasteiger charge is 2.45. The summed E-state index contributed by atoms with van der Waals surface area (Å²) < 4.78 is -1.41. The van der Waals surface area contributed by atoms with Crippen molar-refractivity contribution in [1.29, 1.82) is 0 Å². The van der Waals surface area contributed by atoms with Crippen molar-refractivity contribution in [2.24, 2.45) is 0 Å². The maximum Gasteiger partial charge on any atom is 0.228 e. The number of anilines is 2. The molecule has 2 aromatic carbocycles. The van der Waals surface area contributed by atoms with E-state index < -0.39 is 3.79 Å². The van der Waals surface area contributed by atoms with Crippen molar-refractivity contribution in [3.8, 4) is 0 Å². The van der Waals surface area contributed by atoms with E-state index in [0.29, 0.717) is 0 Å². The predicted octanol–water partition coefficient (Wildman–Crippen LogP) is 5.33. The van der Waals surface area contributed by atoms with Crippen LogP contribution in [0.5, 0.6) is 0 Å². The van der Waals surface area contributed by atoms with Gasteiger partial charge < -0.3 is 9.80 Å². The molecule has 122 valence electrons. The van der Waals surface area contributed by atoms with E-state index in [1.807, 2.05) is 18.2 Å². The van der Waals surface area contributed by atoms with Gasteiger partial charge in [-0.3, -0.25) is 0 Å². The highest BCUT2D eigenvalue weighted by molar-refractivity contribution is 6.68. The average molecular weight is 370 g/mol. The quantitative estimate of drug-likeness (QED) is 0.660. The summed E-state index contributed by atoms with van der Waals surface area (Å²) in [6, 6.07) is 16.5. The Balaban J connectivity index is 2.01. The number of para-hydroxylation sites is 1. The lowest BCUT2D eigenvalue weighted by Crippen LogP contribution is -2.48. The maximum absolute atomic E-state index is 6.36. The Morgan fingerprint density at radius 2 is 1.35 bits per heavy atom. The van der Waals surface area contributed by atoms with Crippen LogP contribution in [-0.4, -0.2) is 23.0 Å². The third kappa shape index (κ3) is 3.55. The van der Waals surface area contributed by atoms with Crippen LogP contribution in [0.15, 0.2) is 48.5 Å². The highest BCUT2D eigenvalue weighted by atomic mass is 35.6. The first-order chi connectivity index (χ1) is 10.9. The summed E-state index contributed by atoms with van der Waals surface area (Å²) in [5, 5.41) is 0. The molecule has 0 aliphatic carbocycles. The van der Waals surface area contributed by atoms with E-state index >= 15 is 0 Å².